The number of Topliss-reactive ketones (excluding diaryl/α,β-unsaturated/α-hetero) is 1. The first-order valence-corrected chi connectivity index (χ1v) is 9.64. The molecule has 0 aliphatic heterocycles. The molecule has 2 aromatic rings. The second-order valence-electron chi connectivity index (χ2n) is 6.67. The number of ketones is 1. The van der Waals surface area contributed by atoms with Gasteiger partial charge in [-0.05, 0) is 25.0 Å². The Kier molecular flexibility index (Phi) is 9.01. The molecule has 0 atom stereocenters. The number of ether oxygens (including phenoxy) is 4. The Hall–Kier alpha value is -3.83. The number of carbonyl (C=O) groups is 4. The van der Waals surface area contributed by atoms with Gasteiger partial charge in [-0.25, -0.2) is 9.18 Å². The number of benzene rings is 1. The lowest BCUT2D eigenvalue weighted by Crippen LogP contribution is -2.15. The smallest absolute Gasteiger partial charge is 0.347 e. The number of hydrogen-bond donors (Lipinski definition) is 0. The third kappa shape index (κ3) is 7.37. The highest BCUT2D eigenvalue weighted by atomic mass is 19.1. The second kappa shape index (κ2) is 11.7. The summed E-state index contributed by atoms with van der Waals surface area (Å²) in [6, 6.07) is 1.80. The van der Waals surface area contributed by atoms with Crippen molar-refractivity contribution in [3.8, 4) is 5.75 Å². The van der Waals surface area contributed by atoms with Gasteiger partial charge in [0.1, 0.15) is 5.56 Å². The molecule has 0 aliphatic rings. The van der Waals surface area contributed by atoms with Crippen molar-refractivity contribution in [2.24, 2.45) is 0 Å². The van der Waals surface area contributed by atoms with E-state index in [1.165, 1.54) is 0 Å². The van der Waals surface area contributed by atoms with Gasteiger partial charge in [-0.2, -0.15) is 4.39 Å². The molecule has 178 valence electrons. The summed E-state index contributed by atoms with van der Waals surface area (Å²) in [5, 5.41) is -0.193. The molecule has 0 amide bonds. The number of carbonyl (C=O) groups excluding carboxylic acids is 4. The van der Waals surface area contributed by atoms with E-state index in [0.717, 1.165) is 26.0 Å². The molecule has 1 aromatic heterocycles. The topological polar surface area (TPSA) is 135 Å². The van der Waals surface area contributed by atoms with Crippen molar-refractivity contribution in [3.05, 3.63) is 39.8 Å². The Morgan fingerprint density at radius 1 is 0.909 bits per heavy atom. The number of hydrogen-bond acceptors (Lipinski definition) is 10. The molecule has 33 heavy (non-hydrogen) atoms. The van der Waals surface area contributed by atoms with Crippen LogP contribution in [-0.2, 0) is 28.6 Å². The van der Waals surface area contributed by atoms with Crippen molar-refractivity contribution < 1.29 is 51.3 Å². The Balaban J connectivity index is 2.02. The van der Waals surface area contributed by atoms with E-state index >= 15 is 0 Å². The summed E-state index contributed by atoms with van der Waals surface area (Å²) < 4.78 is 51.9. The zero-order valence-corrected chi connectivity index (χ0v) is 17.7. The predicted octanol–water partition coefficient (Wildman–Crippen LogP) is 2.78. The molecule has 0 unspecified atom stereocenters. The maximum Gasteiger partial charge on any atom is 0.347 e. The zero-order chi connectivity index (χ0) is 24.5. The van der Waals surface area contributed by atoms with E-state index in [-0.39, 0.29) is 31.1 Å². The zero-order valence-electron chi connectivity index (χ0n) is 17.7. The molecular weight excluding hydrogens is 450 g/mol. The van der Waals surface area contributed by atoms with Gasteiger partial charge in [-0.15, -0.1) is 0 Å². The van der Waals surface area contributed by atoms with E-state index in [2.05, 4.69) is 14.2 Å². The van der Waals surface area contributed by atoms with Crippen LogP contribution in [0.25, 0.3) is 11.0 Å². The van der Waals surface area contributed by atoms with Crippen molar-refractivity contribution in [3.63, 3.8) is 0 Å². The summed E-state index contributed by atoms with van der Waals surface area (Å²) in [5.41, 5.74) is -2.18. The van der Waals surface area contributed by atoms with Gasteiger partial charge in [-0.3, -0.25) is 19.2 Å². The molecule has 2 rings (SSSR count). The van der Waals surface area contributed by atoms with Crippen molar-refractivity contribution in [2.75, 3.05) is 13.6 Å². The minimum absolute atomic E-state index is 0.0482. The van der Waals surface area contributed by atoms with Crippen molar-refractivity contribution >= 4 is 34.7 Å². The SMILES string of the molecule is CC(=O)OCOC(=O)CCCCC(=O)c1cc2cc(F)c(OCOC(C)=O)c(F)c2oc1=O. The maximum absolute atomic E-state index is 14.5. The summed E-state index contributed by atoms with van der Waals surface area (Å²) in [6.45, 7) is 0.969. The van der Waals surface area contributed by atoms with E-state index < -0.39 is 71.4 Å². The quantitative estimate of drug-likeness (QED) is 0.159. The van der Waals surface area contributed by atoms with E-state index in [0.29, 0.717) is 0 Å². The van der Waals surface area contributed by atoms with Gasteiger partial charge >= 0.3 is 23.5 Å². The summed E-state index contributed by atoms with van der Waals surface area (Å²) in [5.74, 6) is -6.02. The van der Waals surface area contributed by atoms with Gasteiger partial charge in [0, 0.05) is 32.1 Å². The molecule has 0 saturated carbocycles. The number of rotatable bonds is 11. The third-order valence-corrected chi connectivity index (χ3v) is 4.16. The normalized spacial score (nSPS) is 10.5. The van der Waals surface area contributed by atoms with E-state index in [9.17, 15) is 32.8 Å². The fourth-order valence-corrected chi connectivity index (χ4v) is 2.61. The van der Waals surface area contributed by atoms with Crippen LogP contribution >= 0.6 is 0 Å². The highest BCUT2D eigenvalue weighted by Crippen LogP contribution is 2.29. The summed E-state index contributed by atoms with van der Waals surface area (Å²) >= 11 is 0. The van der Waals surface area contributed by atoms with Gasteiger partial charge in [0.2, 0.25) is 19.4 Å². The van der Waals surface area contributed by atoms with Crippen molar-refractivity contribution in [1.29, 1.82) is 0 Å². The highest BCUT2D eigenvalue weighted by molar-refractivity contribution is 5.98. The summed E-state index contributed by atoms with van der Waals surface area (Å²) in [6.07, 6.45) is 0.274. The monoisotopic (exact) mass is 470 g/mol. The fraction of sp³-hybridized carbons (Fsp3) is 0.381. The van der Waals surface area contributed by atoms with Gasteiger partial charge < -0.3 is 23.4 Å². The first-order valence-electron chi connectivity index (χ1n) is 9.64. The molecule has 0 bridgehead atoms. The third-order valence-electron chi connectivity index (χ3n) is 4.16. The molecular formula is C21H20F2O10. The first-order chi connectivity index (χ1) is 15.6. The Bertz CT molecular complexity index is 1120. The molecule has 0 radical (unpaired) electrons. The van der Waals surface area contributed by atoms with Gasteiger partial charge in [0.25, 0.3) is 0 Å². The maximum atomic E-state index is 14.5. The average molecular weight is 470 g/mol. The molecule has 0 spiro atoms. The van der Waals surface area contributed by atoms with Crippen LogP contribution in [0.3, 0.4) is 0 Å². The molecule has 0 N–H and O–H groups in total. The largest absolute Gasteiger partial charge is 0.451 e. The first kappa shape index (κ1) is 25.4. The van der Waals surface area contributed by atoms with E-state index in [1.54, 1.807) is 0 Å². The Labute approximate surface area is 185 Å². The van der Waals surface area contributed by atoms with Crippen LogP contribution in [-0.4, -0.2) is 37.3 Å². The van der Waals surface area contributed by atoms with Gasteiger partial charge in [0.05, 0.1) is 0 Å². The van der Waals surface area contributed by atoms with E-state index in [1.807, 2.05) is 0 Å². The molecule has 0 aliphatic carbocycles. The molecule has 0 saturated heterocycles. The Morgan fingerprint density at radius 2 is 1.55 bits per heavy atom. The minimum Gasteiger partial charge on any atom is -0.451 e. The van der Waals surface area contributed by atoms with Gasteiger partial charge in [0.15, 0.2) is 22.9 Å². The van der Waals surface area contributed by atoms with Crippen LogP contribution in [0.2, 0.25) is 0 Å². The predicted molar refractivity (Wildman–Crippen MR) is 105 cm³/mol. The number of halogens is 2. The summed E-state index contributed by atoms with van der Waals surface area (Å²) in [7, 11) is 0. The standard InChI is InChI=1S/C21H20F2O10/c1-11(24)29-9-31-17(27)6-4-3-5-16(26)14-7-13-8-15(22)20(32-10-30-12(2)25)18(23)19(13)33-21(14)28/h7-8H,3-6,9-10H2,1-2H3. The lowest BCUT2D eigenvalue weighted by molar-refractivity contribution is -0.165. The molecule has 1 heterocycles. The fourth-order valence-electron chi connectivity index (χ4n) is 2.61. The van der Waals surface area contributed by atoms with Crippen LogP contribution in [0.1, 0.15) is 49.9 Å². The van der Waals surface area contributed by atoms with Gasteiger partial charge in [-0.1, -0.05) is 0 Å². The number of fused-ring (bicyclic) bond motifs is 1. The summed E-state index contributed by atoms with van der Waals surface area (Å²) in [4.78, 5) is 57.3. The molecule has 10 nitrogen and oxygen atoms in total. The molecule has 1 aromatic carbocycles. The molecule has 12 heteroatoms. The van der Waals surface area contributed by atoms with Crippen molar-refractivity contribution in [1.82, 2.24) is 0 Å². The van der Waals surface area contributed by atoms with Crippen LogP contribution < -0.4 is 10.4 Å². The van der Waals surface area contributed by atoms with Crippen molar-refractivity contribution in [2.45, 2.75) is 39.5 Å². The second-order valence-corrected chi connectivity index (χ2v) is 6.67. The number of esters is 3. The van der Waals surface area contributed by atoms with Crippen LogP contribution in [0.4, 0.5) is 8.78 Å². The minimum atomic E-state index is -1.33. The number of unbranched alkanes of at least 4 members (excludes halogenated alkanes) is 1. The highest BCUT2D eigenvalue weighted by Gasteiger charge is 2.21. The van der Waals surface area contributed by atoms with E-state index in [4.69, 9.17) is 9.15 Å². The molecule has 0 fully saturated rings. The van der Waals surface area contributed by atoms with Crippen LogP contribution in [0.5, 0.6) is 5.75 Å². The lowest BCUT2D eigenvalue weighted by atomic mass is 10.0. The Morgan fingerprint density at radius 3 is 2.21 bits per heavy atom. The van der Waals surface area contributed by atoms with Crippen LogP contribution in [0, 0.1) is 11.6 Å². The average Bonchev–Trinajstić information content (AvgIpc) is 2.73. The lowest BCUT2D eigenvalue weighted by Gasteiger charge is -2.10. The van der Waals surface area contributed by atoms with Crippen LogP contribution in [0.15, 0.2) is 21.3 Å².